The zero-order chi connectivity index (χ0) is 20.5. The third-order valence-corrected chi connectivity index (χ3v) is 6.00. The minimum atomic E-state index is -3.69. The number of nitrogens with one attached hydrogen (secondary N) is 1. The van der Waals surface area contributed by atoms with E-state index in [-0.39, 0.29) is 29.5 Å². The maximum absolute atomic E-state index is 13.1. The highest BCUT2D eigenvalue weighted by Crippen LogP contribution is 2.17. The maximum Gasteiger partial charge on any atom is 0.345 e. The van der Waals surface area contributed by atoms with E-state index in [9.17, 15) is 17.6 Å². The summed E-state index contributed by atoms with van der Waals surface area (Å²) < 4.78 is 43.1. The molecular weight excluding hydrogens is 383 g/mol. The SMILES string of the molecule is Cc1ccc(S(=O)(=O)NCCn2nc(-c3ccc(F)cc3)n(C)c2=O)c(C)c1. The molecule has 2 aromatic carbocycles. The summed E-state index contributed by atoms with van der Waals surface area (Å²) in [7, 11) is -2.13. The van der Waals surface area contributed by atoms with Crippen LogP contribution >= 0.6 is 0 Å². The van der Waals surface area contributed by atoms with E-state index < -0.39 is 10.0 Å². The average Bonchev–Trinajstić information content (AvgIpc) is 2.90. The highest BCUT2D eigenvalue weighted by molar-refractivity contribution is 7.89. The van der Waals surface area contributed by atoms with Crippen molar-refractivity contribution in [3.63, 3.8) is 0 Å². The number of aryl methyl sites for hydroxylation is 2. The molecule has 0 unspecified atom stereocenters. The van der Waals surface area contributed by atoms with Crippen LogP contribution in [0.3, 0.4) is 0 Å². The van der Waals surface area contributed by atoms with E-state index in [1.807, 2.05) is 6.92 Å². The summed E-state index contributed by atoms with van der Waals surface area (Å²) in [4.78, 5) is 12.6. The van der Waals surface area contributed by atoms with E-state index in [2.05, 4.69) is 9.82 Å². The van der Waals surface area contributed by atoms with Gasteiger partial charge in [0, 0.05) is 19.2 Å². The number of hydrogen-bond acceptors (Lipinski definition) is 4. The van der Waals surface area contributed by atoms with Crippen molar-refractivity contribution in [2.24, 2.45) is 7.05 Å². The molecule has 0 radical (unpaired) electrons. The van der Waals surface area contributed by atoms with Gasteiger partial charge in [0.05, 0.1) is 11.4 Å². The zero-order valence-electron chi connectivity index (χ0n) is 15.8. The molecule has 3 rings (SSSR count). The molecule has 0 fully saturated rings. The number of rotatable bonds is 6. The Morgan fingerprint density at radius 1 is 1.11 bits per heavy atom. The monoisotopic (exact) mass is 404 g/mol. The Balaban J connectivity index is 1.75. The number of aromatic nitrogens is 3. The lowest BCUT2D eigenvalue weighted by Crippen LogP contribution is -2.32. The fourth-order valence-corrected chi connectivity index (χ4v) is 4.19. The molecule has 0 bridgehead atoms. The van der Waals surface area contributed by atoms with Gasteiger partial charge >= 0.3 is 5.69 Å². The van der Waals surface area contributed by atoms with Gasteiger partial charge in [0.15, 0.2) is 5.82 Å². The van der Waals surface area contributed by atoms with Gasteiger partial charge in [-0.25, -0.2) is 27.0 Å². The van der Waals surface area contributed by atoms with Crippen molar-refractivity contribution >= 4 is 10.0 Å². The summed E-state index contributed by atoms with van der Waals surface area (Å²) in [6.45, 7) is 3.70. The van der Waals surface area contributed by atoms with Crippen LogP contribution in [0.5, 0.6) is 0 Å². The van der Waals surface area contributed by atoms with Crippen molar-refractivity contribution in [3.05, 3.63) is 69.9 Å². The third-order valence-electron chi connectivity index (χ3n) is 4.38. The van der Waals surface area contributed by atoms with Crippen molar-refractivity contribution < 1.29 is 12.8 Å². The topological polar surface area (TPSA) is 86.0 Å². The molecule has 1 aromatic heterocycles. The van der Waals surface area contributed by atoms with Crippen molar-refractivity contribution in [1.29, 1.82) is 0 Å². The average molecular weight is 404 g/mol. The molecule has 0 amide bonds. The molecule has 3 aromatic rings. The van der Waals surface area contributed by atoms with E-state index in [0.717, 1.165) is 5.56 Å². The number of nitrogens with zero attached hydrogens (tertiary/aromatic N) is 3. The Morgan fingerprint density at radius 3 is 2.43 bits per heavy atom. The molecule has 0 saturated carbocycles. The van der Waals surface area contributed by atoms with E-state index in [0.29, 0.717) is 17.0 Å². The van der Waals surface area contributed by atoms with Crippen LogP contribution in [0.2, 0.25) is 0 Å². The minimum absolute atomic E-state index is 0.00935. The zero-order valence-corrected chi connectivity index (χ0v) is 16.6. The van der Waals surface area contributed by atoms with Crippen LogP contribution in [-0.4, -0.2) is 29.3 Å². The summed E-state index contributed by atoms with van der Waals surface area (Å²) in [6.07, 6.45) is 0. The summed E-state index contributed by atoms with van der Waals surface area (Å²) in [5.74, 6) is -0.00350. The Morgan fingerprint density at radius 2 is 1.79 bits per heavy atom. The fraction of sp³-hybridized carbons (Fsp3) is 0.263. The molecule has 7 nitrogen and oxygen atoms in total. The van der Waals surface area contributed by atoms with E-state index in [1.165, 1.54) is 33.5 Å². The number of sulfonamides is 1. The fourth-order valence-electron chi connectivity index (χ4n) is 2.95. The van der Waals surface area contributed by atoms with Gasteiger partial charge in [-0.3, -0.25) is 4.57 Å². The van der Waals surface area contributed by atoms with Gasteiger partial charge in [-0.2, -0.15) is 0 Å². The quantitative estimate of drug-likeness (QED) is 0.681. The second kappa shape index (κ2) is 7.69. The molecule has 0 aliphatic heterocycles. The smallest absolute Gasteiger partial charge is 0.278 e. The van der Waals surface area contributed by atoms with E-state index in [4.69, 9.17) is 0 Å². The largest absolute Gasteiger partial charge is 0.345 e. The van der Waals surface area contributed by atoms with Crippen LogP contribution in [-0.2, 0) is 23.6 Å². The predicted molar refractivity (Wildman–Crippen MR) is 104 cm³/mol. The highest BCUT2D eigenvalue weighted by Gasteiger charge is 2.17. The first-order valence-corrected chi connectivity index (χ1v) is 10.1. The van der Waals surface area contributed by atoms with Gasteiger partial charge in [0.2, 0.25) is 10.0 Å². The molecule has 1 heterocycles. The van der Waals surface area contributed by atoms with Gasteiger partial charge in [-0.05, 0) is 49.7 Å². The summed E-state index contributed by atoms with van der Waals surface area (Å²) >= 11 is 0. The standard InChI is InChI=1S/C19H21FN4O3S/c1-13-4-9-17(14(2)12-13)28(26,27)21-10-11-24-19(25)23(3)18(22-24)15-5-7-16(20)8-6-15/h4-9,12,21H,10-11H2,1-3H3. The van der Waals surface area contributed by atoms with Crippen molar-refractivity contribution in [3.8, 4) is 11.4 Å². The second-order valence-corrected chi connectivity index (χ2v) is 8.30. The molecule has 0 aliphatic carbocycles. The summed E-state index contributed by atoms with van der Waals surface area (Å²) in [5.41, 5.74) is 1.84. The van der Waals surface area contributed by atoms with Crippen molar-refractivity contribution in [1.82, 2.24) is 19.1 Å². The van der Waals surface area contributed by atoms with Crippen LogP contribution in [0.1, 0.15) is 11.1 Å². The Bertz CT molecular complexity index is 1160. The lowest BCUT2D eigenvalue weighted by Gasteiger charge is -2.09. The van der Waals surface area contributed by atoms with Gasteiger partial charge in [0.1, 0.15) is 5.82 Å². The second-order valence-electron chi connectivity index (χ2n) is 6.56. The number of halogens is 1. The van der Waals surface area contributed by atoms with Gasteiger partial charge in [-0.1, -0.05) is 17.7 Å². The van der Waals surface area contributed by atoms with Crippen LogP contribution in [0.25, 0.3) is 11.4 Å². The van der Waals surface area contributed by atoms with Gasteiger partial charge in [0.25, 0.3) is 0 Å². The van der Waals surface area contributed by atoms with Crippen LogP contribution < -0.4 is 10.4 Å². The molecule has 0 atom stereocenters. The van der Waals surface area contributed by atoms with E-state index >= 15 is 0 Å². The lowest BCUT2D eigenvalue weighted by molar-refractivity contribution is 0.550. The molecule has 0 spiro atoms. The molecule has 0 aliphatic rings. The van der Waals surface area contributed by atoms with Crippen LogP contribution in [0.15, 0.2) is 52.2 Å². The Kier molecular flexibility index (Phi) is 5.48. The third kappa shape index (κ3) is 4.05. The summed E-state index contributed by atoms with van der Waals surface area (Å²) in [5, 5.41) is 4.24. The molecule has 1 N–H and O–H groups in total. The number of hydrogen-bond donors (Lipinski definition) is 1. The minimum Gasteiger partial charge on any atom is -0.278 e. The lowest BCUT2D eigenvalue weighted by atomic mass is 10.2. The number of benzene rings is 2. The van der Waals surface area contributed by atoms with E-state index in [1.54, 1.807) is 32.2 Å². The van der Waals surface area contributed by atoms with Crippen molar-refractivity contribution in [2.45, 2.75) is 25.3 Å². The maximum atomic E-state index is 13.1. The van der Waals surface area contributed by atoms with Gasteiger partial charge < -0.3 is 0 Å². The normalized spacial score (nSPS) is 11.7. The first-order chi connectivity index (χ1) is 13.2. The Labute approximate surface area is 162 Å². The molecule has 28 heavy (non-hydrogen) atoms. The summed E-state index contributed by atoms with van der Waals surface area (Å²) in [6, 6.07) is 10.7. The molecule has 148 valence electrons. The van der Waals surface area contributed by atoms with Gasteiger partial charge in [-0.15, -0.1) is 5.10 Å². The molecule has 9 heteroatoms. The van der Waals surface area contributed by atoms with Crippen molar-refractivity contribution in [2.75, 3.05) is 6.54 Å². The van der Waals surface area contributed by atoms with Crippen LogP contribution in [0.4, 0.5) is 4.39 Å². The molecular formula is C19H21FN4O3S. The highest BCUT2D eigenvalue weighted by atomic mass is 32.2. The predicted octanol–water partition coefficient (Wildman–Crippen LogP) is 1.98. The molecule has 0 saturated heterocycles. The first-order valence-electron chi connectivity index (χ1n) is 8.66. The van der Waals surface area contributed by atoms with Crippen LogP contribution in [0, 0.1) is 19.7 Å². The first kappa shape index (κ1) is 20.0. The Hall–Kier alpha value is -2.78.